The van der Waals surface area contributed by atoms with E-state index in [1.807, 2.05) is 0 Å². The molecule has 6 heteroatoms. The maximum absolute atomic E-state index is 13.2. The summed E-state index contributed by atoms with van der Waals surface area (Å²) in [5.74, 6) is -0.472. The maximum atomic E-state index is 13.2. The van der Waals surface area contributed by atoms with Crippen molar-refractivity contribution in [3.63, 3.8) is 0 Å². The topological polar surface area (TPSA) is 95.9 Å². The quantitative estimate of drug-likeness (QED) is 0.0322. The number of carbonyl (C=O) groups excluding carboxylic acids is 2. The number of carbonyl (C=O) groups is 2. The lowest BCUT2D eigenvalue weighted by Crippen LogP contribution is -2.46. The molecule has 6 nitrogen and oxygen atoms in total. The van der Waals surface area contributed by atoms with Gasteiger partial charge in [0.15, 0.2) is 0 Å². The fraction of sp³-hybridized carbons (Fsp3) is 0.891. The normalized spacial score (nSPS) is 13.3. The van der Waals surface area contributed by atoms with E-state index in [1.165, 1.54) is 173 Å². The predicted octanol–water partition coefficient (Wildman–Crippen LogP) is 16.3. The first-order valence-electron chi connectivity index (χ1n) is 27.1. The highest BCUT2D eigenvalue weighted by Gasteiger charge is 2.24. The molecule has 0 bridgehead atoms. The van der Waals surface area contributed by atoms with Crippen molar-refractivity contribution in [1.82, 2.24) is 5.32 Å². The number of unbranched alkanes of at least 4 members (excludes halogenated alkanes) is 33. The first kappa shape index (κ1) is 59.3. The van der Waals surface area contributed by atoms with Crippen LogP contribution in [0.3, 0.4) is 0 Å². The van der Waals surface area contributed by atoms with Crippen molar-refractivity contribution in [2.45, 2.75) is 309 Å². The van der Waals surface area contributed by atoms with Gasteiger partial charge in [0.25, 0.3) is 0 Å². The van der Waals surface area contributed by atoms with Crippen LogP contribution in [-0.4, -0.2) is 46.9 Å². The van der Waals surface area contributed by atoms with E-state index in [2.05, 4.69) is 50.4 Å². The Bertz CT molecular complexity index is 966. The molecule has 0 aromatic rings. The van der Waals surface area contributed by atoms with E-state index in [1.54, 1.807) is 0 Å². The van der Waals surface area contributed by atoms with Gasteiger partial charge in [-0.15, -0.1) is 0 Å². The number of aliphatic hydroxyl groups is 2. The van der Waals surface area contributed by atoms with E-state index in [-0.39, 0.29) is 24.9 Å². The summed E-state index contributed by atoms with van der Waals surface area (Å²) in [5, 5.41) is 23.8. The molecule has 360 valence electrons. The zero-order valence-electron chi connectivity index (χ0n) is 41.1. The second-order valence-corrected chi connectivity index (χ2v) is 18.6. The van der Waals surface area contributed by atoms with Gasteiger partial charge in [-0.2, -0.15) is 0 Å². The van der Waals surface area contributed by atoms with Gasteiger partial charge < -0.3 is 20.3 Å². The summed E-state index contributed by atoms with van der Waals surface area (Å²) < 4.78 is 5.94. The van der Waals surface area contributed by atoms with Crippen LogP contribution in [0.4, 0.5) is 0 Å². The Hall–Kier alpha value is -1.66. The van der Waals surface area contributed by atoms with Gasteiger partial charge in [0.05, 0.1) is 25.2 Å². The third kappa shape index (κ3) is 44.7. The molecule has 0 saturated heterocycles. The summed E-state index contributed by atoms with van der Waals surface area (Å²) >= 11 is 0. The van der Waals surface area contributed by atoms with Crippen molar-refractivity contribution in [3.8, 4) is 0 Å². The van der Waals surface area contributed by atoms with Gasteiger partial charge >= 0.3 is 5.97 Å². The third-order valence-corrected chi connectivity index (χ3v) is 12.5. The molecule has 0 aromatic carbocycles. The van der Waals surface area contributed by atoms with Crippen LogP contribution in [0.5, 0.6) is 0 Å². The maximum Gasteiger partial charge on any atom is 0.306 e. The van der Waals surface area contributed by atoms with Crippen molar-refractivity contribution in [2.75, 3.05) is 6.61 Å². The molecule has 0 radical (unpaired) electrons. The number of esters is 1. The number of ether oxygens (including phenoxy) is 1. The number of aliphatic hydroxyl groups excluding tert-OH is 2. The van der Waals surface area contributed by atoms with Gasteiger partial charge in [0, 0.05) is 6.42 Å². The number of rotatable bonds is 49. The highest BCUT2D eigenvalue weighted by atomic mass is 16.5. The molecule has 0 rings (SSSR count). The molecule has 0 saturated carbocycles. The van der Waals surface area contributed by atoms with Gasteiger partial charge in [0.2, 0.25) is 5.91 Å². The van der Waals surface area contributed by atoms with Crippen LogP contribution in [0.2, 0.25) is 0 Å². The summed E-state index contributed by atoms with van der Waals surface area (Å²) in [4.78, 5) is 26.2. The van der Waals surface area contributed by atoms with E-state index in [0.29, 0.717) is 19.3 Å². The molecule has 0 fully saturated rings. The number of hydrogen-bond donors (Lipinski definition) is 3. The average Bonchev–Trinajstić information content (AvgIpc) is 3.25. The minimum Gasteiger partial charge on any atom is -0.462 e. The molecule has 0 aliphatic carbocycles. The molecule has 0 aliphatic heterocycles. The monoisotopic (exact) mass is 860 g/mol. The van der Waals surface area contributed by atoms with E-state index >= 15 is 0 Å². The van der Waals surface area contributed by atoms with E-state index in [9.17, 15) is 19.8 Å². The molecular weight excluding hydrogens is 755 g/mol. The zero-order chi connectivity index (χ0) is 44.5. The molecule has 3 unspecified atom stereocenters. The minimum absolute atomic E-state index is 0.0735. The molecule has 0 heterocycles. The van der Waals surface area contributed by atoms with Gasteiger partial charge in [-0.3, -0.25) is 9.59 Å². The summed E-state index contributed by atoms with van der Waals surface area (Å²) in [6, 6.07) is -0.701. The fourth-order valence-corrected chi connectivity index (χ4v) is 8.47. The highest BCUT2D eigenvalue weighted by Crippen LogP contribution is 2.18. The Morgan fingerprint density at radius 1 is 0.492 bits per heavy atom. The molecule has 3 N–H and O–H groups in total. The second kappa shape index (κ2) is 49.4. The standard InChI is InChI=1S/C55H105NO5/c1-4-7-10-13-16-19-22-25-27-29-32-35-38-41-44-47-53(58)52(50-57)56-54(59)49-51(46-43-40-37-34-31-24-21-18-15-12-9-6-3)61-55(60)48-45-42-39-36-33-30-28-26-23-20-17-14-11-8-5-2/h9,12,18,21,51-53,57-58H,4-8,10-11,13-17,19-20,22-50H2,1-3H3,(H,56,59)/b12-9+,21-18+. The van der Waals surface area contributed by atoms with Gasteiger partial charge in [-0.1, -0.05) is 251 Å². The lowest BCUT2D eigenvalue weighted by Gasteiger charge is -2.24. The summed E-state index contributed by atoms with van der Waals surface area (Å²) in [6.45, 7) is 6.40. The Balaban J connectivity index is 4.49. The molecule has 61 heavy (non-hydrogen) atoms. The van der Waals surface area contributed by atoms with Crippen LogP contribution in [0.15, 0.2) is 24.3 Å². The Morgan fingerprint density at radius 2 is 0.885 bits per heavy atom. The van der Waals surface area contributed by atoms with Gasteiger partial charge in [0.1, 0.15) is 6.10 Å². The van der Waals surface area contributed by atoms with Crippen LogP contribution in [-0.2, 0) is 14.3 Å². The summed E-state index contributed by atoms with van der Waals surface area (Å²) in [6.07, 6.45) is 56.7. The van der Waals surface area contributed by atoms with Crippen molar-refractivity contribution < 1.29 is 24.5 Å². The number of nitrogens with one attached hydrogen (secondary N) is 1. The Labute approximate surface area is 380 Å². The van der Waals surface area contributed by atoms with E-state index < -0.39 is 18.2 Å². The second-order valence-electron chi connectivity index (χ2n) is 18.6. The van der Waals surface area contributed by atoms with Crippen molar-refractivity contribution in [1.29, 1.82) is 0 Å². The van der Waals surface area contributed by atoms with Crippen LogP contribution in [0.1, 0.15) is 290 Å². The van der Waals surface area contributed by atoms with Crippen LogP contribution in [0, 0.1) is 0 Å². The van der Waals surface area contributed by atoms with Crippen LogP contribution < -0.4 is 5.32 Å². The van der Waals surface area contributed by atoms with Crippen LogP contribution in [0.25, 0.3) is 0 Å². The first-order valence-corrected chi connectivity index (χ1v) is 27.1. The van der Waals surface area contributed by atoms with Crippen molar-refractivity contribution >= 4 is 11.9 Å². The predicted molar refractivity (Wildman–Crippen MR) is 264 cm³/mol. The Kier molecular flexibility index (Phi) is 48.0. The fourth-order valence-electron chi connectivity index (χ4n) is 8.47. The molecule has 0 spiro atoms. The zero-order valence-corrected chi connectivity index (χ0v) is 41.1. The molecule has 0 aliphatic rings. The lowest BCUT2D eigenvalue weighted by atomic mass is 10.0. The molecule has 1 amide bonds. The van der Waals surface area contributed by atoms with E-state index in [4.69, 9.17) is 4.74 Å². The summed E-state index contributed by atoms with van der Waals surface area (Å²) in [5.41, 5.74) is 0. The van der Waals surface area contributed by atoms with Gasteiger partial charge in [-0.05, 0) is 51.4 Å². The first-order chi connectivity index (χ1) is 30.0. The summed E-state index contributed by atoms with van der Waals surface area (Å²) in [7, 11) is 0. The van der Waals surface area contributed by atoms with Gasteiger partial charge in [-0.25, -0.2) is 0 Å². The largest absolute Gasteiger partial charge is 0.462 e. The SMILES string of the molecule is CC/C=C/C/C=C/CCCCCCCC(CC(=O)NC(CO)C(O)CCCCCCCCCCCCCCCCC)OC(=O)CCCCCCCCCCCCCCCCC. The minimum atomic E-state index is -0.787. The van der Waals surface area contributed by atoms with Crippen molar-refractivity contribution in [3.05, 3.63) is 24.3 Å². The number of hydrogen-bond acceptors (Lipinski definition) is 5. The van der Waals surface area contributed by atoms with Crippen LogP contribution >= 0.6 is 0 Å². The van der Waals surface area contributed by atoms with Crippen molar-refractivity contribution in [2.24, 2.45) is 0 Å². The number of amides is 1. The Morgan fingerprint density at radius 3 is 1.33 bits per heavy atom. The highest BCUT2D eigenvalue weighted by molar-refractivity contribution is 5.77. The lowest BCUT2D eigenvalue weighted by molar-refractivity contribution is -0.151. The molecular formula is C55H105NO5. The average molecular weight is 860 g/mol. The molecule has 3 atom stereocenters. The smallest absolute Gasteiger partial charge is 0.306 e. The van der Waals surface area contributed by atoms with E-state index in [0.717, 1.165) is 70.6 Å². The molecule has 0 aromatic heterocycles. The third-order valence-electron chi connectivity index (χ3n) is 12.5. The number of allylic oxidation sites excluding steroid dienone is 4.